The molecule has 2 aromatic rings. The number of nitrogens with zero attached hydrogens (tertiary/aromatic N) is 1. The highest BCUT2D eigenvalue weighted by Crippen LogP contribution is 2.41. The molecule has 27 heavy (non-hydrogen) atoms. The minimum atomic E-state index is -0.629. The minimum Gasteiger partial charge on any atom is -0.497 e. The summed E-state index contributed by atoms with van der Waals surface area (Å²) in [6.07, 6.45) is 0.914. The summed E-state index contributed by atoms with van der Waals surface area (Å²) < 4.78 is 25.2. The molecule has 1 heterocycles. The van der Waals surface area contributed by atoms with Crippen LogP contribution in [0.4, 0.5) is 14.9 Å². The normalized spacial score (nSPS) is 16.7. The van der Waals surface area contributed by atoms with Crippen LogP contribution in [0, 0.1) is 5.82 Å². The third-order valence-corrected chi connectivity index (χ3v) is 5.08. The number of carbonyl (C=O) groups is 1. The molecule has 144 valence electrons. The molecule has 0 aliphatic carbocycles. The summed E-state index contributed by atoms with van der Waals surface area (Å²) in [4.78, 5) is 14.7. The monoisotopic (exact) mass is 435 g/mol. The molecule has 0 saturated carbocycles. The molecule has 3 rings (SSSR count). The molecule has 0 bridgehead atoms. The number of halogens is 2. The number of benzene rings is 2. The van der Waals surface area contributed by atoms with Gasteiger partial charge in [-0.3, -0.25) is 4.90 Å². The Morgan fingerprint density at radius 2 is 1.89 bits per heavy atom. The summed E-state index contributed by atoms with van der Waals surface area (Å²) in [5.41, 5.74) is 1.82. The molecule has 0 aromatic heterocycles. The van der Waals surface area contributed by atoms with Crippen LogP contribution in [0.3, 0.4) is 0 Å². The first-order valence-electron chi connectivity index (χ1n) is 8.83. The van der Waals surface area contributed by atoms with E-state index in [1.54, 1.807) is 18.1 Å². The number of hydrogen-bond donors (Lipinski definition) is 0. The van der Waals surface area contributed by atoms with Gasteiger partial charge in [0, 0.05) is 0 Å². The number of anilines is 1. The van der Waals surface area contributed by atoms with E-state index in [1.807, 2.05) is 45.0 Å². The third kappa shape index (κ3) is 4.26. The molecule has 1 unspecified atom stereocenters. The number of ether oxygens (including phenoxy) is 2. The van der Waals surface area contributed by atoms with Crippen LogP contribution >= 0.6 is 15.9 Å². The number of methoxy groups -OCH3 is 1. The van der Waals surface area contributed by atoms with Crippen molar-refractivity contribution in [3.05, 3.63) is 57.8 Å². The fraction of sp³-hybridized carbons (Fsp3) is 0.381. The molecule has 1 aliphatic rings. The van der Waals surface area contributed by atoms with Crippen molar-refractivity contribution in [1.82, 2.24) is 0 Å². The van der Waals surface area contributed by atoms with E-state index in [0.717, 1.165) is 16.9 Å². The lowest BCUT2D eigenvalue weighted by Crippen LogP contribution is -2.42. The van der Waals surface area contributed by atoms with Gasteiger partial charge >= 0.3 is 6.09 Å². The van der Waals surface area contributed by atoms with Crippen molar-refractivity contribution in [2.75, 3.05) is 12.0 Å². The van der Waals surface area contributed by atoms with E-state index in [2.05, 4.69) is 15.9 Å². The third-order valence-electron chi connectivity index (χ3n) is 4.47. The quantitative estimate of drug-likeness (QED) is 0.578. The molecule has 6 heteroatoms. The molecule has 1 amide bonds. The van der Waals surface area contributed by atoms with E-state index in [4.69, 9.17) is 9.47 Å². The van der Waals surface area contributed by atoms with Gasteiger partial charge in [-0.15, -0.1) is 0 Å². The molecular formula is C21H23BrFNO3. The SMILES string of the molecule is COc1ccc(C2CCc3cc(F)c(Br)cc3N2C(=O)OC(C)(C)C)cc1. The Morgan fingerprint density at radius 1 is 1.22 bits per heavy atom. The summed E-state index contributed by atoms with van der Waals surface area (Å²) in [5, 5.41) is 0. The number of rotatable bonds is 2. The van der Waals surface area contributed by atoms with Crippen molar-refractivity contribution in [2.24, 2.45) is 0 Å². The Hall–Kier alpha value is -2.08. The van der Waals surface area contributed by atoms with E-state index >= 15 is 0 Å². The van der Waals surface area contributed by atoms with Gasteiger partial charge in [-0.25, -0.2) is 9.18 Å². The van der Waals surface area contributed by atoms with Crippen molar-refractivity contribution in [3.8, 4) is 5.75 Å². The average molecular weight is 436 g/mol. The van der Waals surface area contributed by atoms with Gasteiger partial charge in [0.25, 0.3) is 0 Å². The zero-order valence-corrected chi connectivity index (χ0v) is 17.5. The second kappa shape index (κ2) is 7.50. The van der Waals surface area contributed by atoms with Crippen LogP contribution in [0.2, 0.25) is 0 Å². The van der Waals surface area contributed by atoms with E-state index in [9.17, 15) is 9.18 Å². The minimum absolute atomic E-state index is 0.199. The van der Waals surface area contributed by atoms with E-state index in [-0.39, 0.29) is 11.9 Å². The first kappa shape index (κ1) is 19.7. The molecule has 0 fully saturated rings. The largest absolute Gasteiger partial charge is 0.497 e. The van der Waals surface area contributed by atoms with Gasteiger partial charge in [-0.2, -0.15) is 0 Å². The van der Waals surface area contributed by atoms with Gasteiger partial charge in [0.15, 0.2) is 0 Å². The first-order chi connectivity index (χ1) is 12.7. The molecule has 0 radical (unpaired) electrons. The van der Waals surface area contributed by atoms with E-state index < -0.39 is 11.7 Å². The van der Waals surface area contributed by atoms with E-state index in [0.29, 0.717) is 23.0 Å². The van der Waals surface area contributed by atoms with Crippen LogP contribution in [0.25, 0.3) is 0 Å². The number of hydrogen-bond acceptors (Lipinski definition) is 3. The zero-order chi connectivity index (χ0) is 19.8. The van der Waals surface area contributed by atoms with Gasteiger partial charge in [0.2, 0.25) is 0 Å². The summed E-state index contributed by atoms with van der Waals surface area (Å²) in [6, 6.07) is 10.6. The predicted molar refractivity (Wildman–Crippen MR) is 107 cm³/mol. The average Bonchev–Trinajstić information content (AvgIpc) is 2.60. The maximum atomic E-state index is 14.0. The van der Waals surface area contributed by atoms with Crippen molar-refractivity contribution in [1.29, 1.82) is 0 Å². The van der Waals surface area contributed by atoms with Gasteiger partial charge in [-0.05, 0) is 84.9 Å². The van der Waals surface area contributed by atoms with Gasteiger partial charge in [-0.1, -0.05) is 12.1 Å². The molecule has 2 aromatic carbocycles. The van der Waals surface area contributed by atoms with E-state index in [1.165, 1.54) is 6.07 Å². The Kier molecular flexibility index (Phi) is 5.47. The second-order valence-corrected chi connectivity index (χ2v) is 8.43. The van der Waals surface area contributed by atoms with Crippen LogP contribution < -0.4 is 9.64 Å². The number of fused-ring (bicyclic) bond motifs is 1. The lowest BCUT2D eigenvalue weighted by molar-refractivity contribution is 0.0560. The van der Waals surface area contributed by atoms with Crippen molar-refractivity contribution in [2.45, 2.75) is 45.3 Å². The Morgan fingerprint density at radius 3 is 2.48 bits per heavy atom. The predicted octanol–water partition coefficient (Wildman–Crippen LogP) is 6.03. The molecule has 1 aliphatic heterocycles. The summed E-state index contributed by atoms with van der Waals surface area (Å²) in [5.74, 6) is 0.421. The smallest absolute Gasteiger partial charge is 0.415 e. The number of carbonyl (C=O) groups excluding carboxylic acids is 1. The molecule has 0 saturated heterocycles. The van der Waals surface area contributed by atoms with Crippen LogP contribution in [0.15, 0.2) is 40.9 Å². The van der Waals surface area contributed by atoms with Crippen LogP contribution in [0.5, 0.6) is 5.75 Å². The lowest BCUT2D eigenvalue weighted by Gasteiger charge is -2.38. The summed E-state index contributed by atoms with van der Waals surface area (Å²) in [6.45, 7) is 5.50. The molecule has 1 atom stereocenters. The summed E-state index contributed by atoms with van der Waals surface area (Å²) >= 11 is 3.24. The molecule has 0 spiro atoms. The summed E-state index contributed by atoms with van der Waals surface area (Å²) in [7, 11) is 1.62. The van der Waals surface area contributed by atoms with Crippen molar-refractivity contribution in [3.63, 3.8) is 0 Å². The molecule has 0 N–H and O–H groups in total. The standard InChI is InChI=1S/C21H23BrFNO3/c1-21(2,3)27-20(25)24-18(13-5-8-15(26-4)9-6-13)10-7-14-11-17(23)16(22)12-19(14)24/h5-6,8-9,11-12,18H,7,10H2,1-4H3. The zero-order valence-electron chi connectivity index (χ0n) is 15.9. The number of aryl methyl sites for hydroxylation is 1. The maximum absolute atomic E-state index is 14.0. The van der Waals surface area contributed by atoms with Crippen LogP contribution in [-0.4, -0.2) is 18.8 Å². The molecule has 4 nitrogen and oxygen atoms in total. The number of amides is 1. The fourth-order valence-corrected chi connectivity index (χ4v) is 3.60. The Bertz CT molecular complexity index is 846. The highest BCUT2D eigenvalue weighted by molar-refractivity contribution is 9.10. The highest BCUT2D eigenvalue weighted by atomic mass is 79.9. The lowest BCUT2D eigenvalue weighted by atomic mass is 9.91. The second-order valence-electron chi connectivity index (χ2n) is 7.57. The Balaban J connectivity index is 2.06. The molecular weight excluding hydrogens is 413 g/mol. The van der Waals surface area contributed by atoms with Crippen LogP contribution in [0.1, 0.15) is 44.4 Å². The van der Waals surface area contributed by atoms with Gasteiger partial charge in [0.05, 0.1) is 23.3 Å². The van der Waals surface area contributed by atoms with Gasteiger partial charge < -0.3 is 9.47 Å². The van der Waals surface area contributed by atoms with Gasteiger partial charge in [0.1, 0.15) is 17.2 Å². The topological polar surface area (TPSA) is 38.8 Å². The van der Waals surface area contributed by atoms with Crippen LogP contribution in [-0.2, 0) is 11.2 Å². The fourth-order valence-electron chi connectivity index (χ4n) is 3.27. The Labute approximate surface area is 167 Å². The maximum Gasteiger partial charge on any atom is 0.415 e. The first-order valence-corrected chi connectivity index (χ1v) is 9.63. The highest BCUT2D eigenvalue weighted by Gasteiger charge is 2.35. The van der Waals surface area contributed by atoms with Crippen molar-refractivity contribution >= 4 is 27.7 Å². The van der Waals surface area contributed by atoms with Crippen molar-refractivity contribution < 1.29 is 18.7 Å².